The average Bonchev–Trinajstić information content (AvgIpc) is 2.53. The molecule has 0 aromatic heterocycles. The zero-order valence-corrected chi connectivity index (χ0v) is 16.6. The molecule has 2 aromatic rings. The summed E-state index contributed by atoms with van der Waals surface area (Å²) >= 11 is 0. The van der Waals surface area contributed by atoms with Gasteiger partial charge in [0.1, 0.15) is 29.2 Å². The highest BCUT2D eigenvalue weighted by Gasteiger charge is 2.11. The second-order valence-corrected chi connectivity index (χ2v) is 7.93. The molecule has 0 amide bonds. The molecule has 26 heavy (non-hydrogen) atoms. The summed E-state index contributed by atoms with van der Waals surface area (Å²) in [6.07, 6.45) is 5.60. The Kier molecular flexibility index (Phi) is 5.73. The fourth-order valence-corrected chi connectivity index (χ4v) is 2.21. The number of ether oxygens (including phenoxy) is 3. The molecule has 2 rings (SSSR count). The minimum Gasteiger partial charge on any atom is -0.495 e. The molecule has 0 atom stereocenters. The SMILES string of the molecule is COc1ccc2c(C#COC(C)(C)C)cccc2c1C#COC(C)(C)C. The van der Waals surface area contributed by atoms with Crippen LogP contribution in [0.3, 0.4) is 0 Å². The summed E-state index contributed by atoms with van der Waals surface area (Å²) in [6, 6.07) is 9.83. The number of fused-ring (bicyclic) bond motifs is 1. The Morgan fingerprint density at radius 3 is 1.92 bits per heavy atom. The highest BCUT2D eigenvalue weighted by atomic mass is 16.5. The first-order valence-electron chi connectivity index (χ1n) is 8.58. The maximum Gasteiger partial charge on any atom is 0.135 e. The fourth-order valence-electron chi connectivity index (χ4n) is 2.21. The van der Waals surface area contributed by atoms with E-state index in [1.807, 2.05) is 71.9 Å². The Labute approximate surface area is 156 Å². The molecule has 0 aliphatic carbocycles. The zero-order chi connectivity index (χ0) is 19.4. The summed E-state index contributed by atoms with van der Waals surface area (Å²) in [5, 5.41) is 1.97. The Hall–Kier alpha value is -2.78. The highest BCUT2D eigenvalue weighted by molar-refractivity contribution is 5.94. The van der Waals surface area contributed by atoms with E-state index < -0.39 is 0 Å². The maximum atomic E-state index is 5.55. The van der Waals surface area contributed by atoms with E-state index in [2.05, 4.69) is 24.1 Å². The van der Waals surface area contributed by atoms with Crippen molar-refractivity contribution in [3.8, 4) is 29.8 Å². The van der Waals surface area contributed by atoms with Crippen LogP contribution in [0.25, 0.3) is 10.8 Å². The van der Waals surface area contributed by atoms with Gasteiger partial charge >= 0.3 is 0 Å². The van der Waals surface area contributed by atoms with Gasteiger partial charge in [0.05, 0.1) is 12.7 Å². The van der Waals surface area contributed by atoms with Crippen molar-refractivity contribution in [3.05, 3.63) is 41.5 Å². The van der Waals surface area contributed by atoms with Crippen molar-refractivity contribution in [2.24, 2.45) is 0 Å². The van der Waals surface area contributed by atoms with Crippen LogP contribution >= 0.6 is 0 Å². The lowest BCUT2D eigenvalue weighted by Gasteiger charge is -2.15. The lowest BCUT2D eigenvalue weighted by Crippen LogP contribution is -2.15. The molecule has 0 heterocycles. The van der Waals surface area contributed by atoms with E-state index in [1.54, 1.807) is 7.11 Å². The second kappa shape index (κ2) is 7.63. The zero-order valence-electron chi connectivity index (χ0n) is 16.6. The number of hydrogen-bond acceptors (Lipinski definition) is 3. The Balaban J connectivity index is 2.53. The topological polar surface area (TPSA) is 27.7 Å². The van der Waals surface area contributed by atoms with E-state index in [0.29, 0.717) is 5.75 Å². The van der Waals surface area contributed by atoms with E-state index in [-0.39, 0.29) is 11.2 Å². The molecule has 0 saturated carbocycles. The molecule has 0 N–H and O–H groups in total. The molecule has 3 heteroatoms. The molecule has 0 saturated heterocycles. The van der Waals surface area contributed by atoms with E-state index in [1.165, 1.54) is 0 Å². The van der Waals surface area contributed by atoms with Crippen LogP contribution in [0.15, 0.2) is 30.3 Å². The molecule has 136 valence electrons. The number of rotatable bonds is 1. The third-order valence-corrected chi connectivity index (χ3v) is 3.32. The first kappa shape index (κ1) is 19.5. The Bertz CT molecular complexity index is 904. The van der Waals surface area contributed by atoms with Gasteiger partial charge in [-0.2, -0.15) is 0 Å². The van der Waals surface area contributed by atoms with Crippen LogP contribution in [0.2, 0.25) is 0 Å². The Morgan fingerprint density at radius 1 is 0.731 bits per heavy atom. The van der Waals surface area contributed by atoms with Crippen LogP contribution in [0.5, 0.6) is 5.75 Å². The summed E-state index contributed by atoms with van der Waals surface area (Å²) < 4.78 is 16.6. The molecule has 0 bridgehead atoms. The van der Waals surface area contributed by atoms with Crippen molar-refractivity contribution in [1.29, 1.82) is 0 Å². The van der Waals surface area contributed by atoms with Crippen LogP contribution in [0.1, 0.15) is 52.7 Å². The predicted molar refractivity (Wildman–Crippen MR) is 106 cm³/mol. The van der Waals surface area contributed by atoms with Gasteiger partial charge in [0.25, 0.3) is 0 Å². The molecule has 0 fully saturated rings. The van der Waals surface area contributed by atoms with Crippen LogP contribution in [0.4, 0.5) is 0 Å². The van der Waals surface area contributed by atoms with Gasteiger partial charge in [-0.05, 0) is 77.0 Å². The summed E-state index contributed by atoms with van der Waals surface area (Å²) in [5.74, 6) is 6.90. The summed E-state index contributed by atoms with van der Waals surface area (Å²) in [7, 11) is 1.64. The van der Waals surface area contributed by atoms with Crippen LogP contribution in [-0.2, 0) is 9.47 Å². The fraction of sp³-hybridized carbons (Fsp3) is 0.391. The standard InChI is InChI=1S/C23H26O3/c1-22(2,3)25-15-13-17-9-8-10-19-18(17)11-12-21(24-7)20(19)14-16-26-23(4,5)6/h8-12H,1-7H3. The lowest BCUT2D eigenvalue weighted by atomic mass is 10.00. The minimum absolute atomic E-state index is 0.304. The molecular weight excluding hydrogens is 324 g/mol. The quantitative estimate of drug-likeness (QED) is 0.670. The van der Waals surface area contributed by atoms with Gasteiger partial charge in [-0.15, -0.1) is 0 Å². The highest BCUT2D eigenvalue weighted by Crippen LogP contribution is 2.29. The van der Waals surface area contributed by atoms with Gasteiger partial charge in [-0.1, -0.05) is 12.1 Å². The van der Waals surface area contributed by atoms with Gasteiger partial charge < -0.3 is 14.2 Å². The van der Waals surface area contributed by atoms with E-state index >= 15 is 0 Å². The normalized spacial score (nSPS) is 11.0. The van der Waals surface area contributed by atoms with Crippen molar-refractivity contribution in [1.82, 2.24) is 0 Å². The van der Waals surface area contributed by atoms with Gasteiger partial charge in [0, 0.05) is 10.9 Å². The van der Waals surface area contributed by atoms with Gasteiger partial charge in [-0.25, -0.2) is 0 Å². The second-order valence-electron chi connectivity index (χ2n) is 7.93. The van der Waals surface area contributed by atoms with Crippen LogP contribution in [0, 0.1) is 24.1 Å². The van der Waals surface area contributed by atoms with E-state index in [4.69, 9.17) is 14.2 Å². The predicted octanol–water partition coefficient (Wildman–Crippen LogP) is 5.10. The molecule has 0 unspecified atom stereocenters. The molecule has 0 aliphatic rings. The monoisotopic (exact) mass is 350 g/mol. The first-order valence-corrected chi connectivity index (χ1v) is 8.58. The van der Waals surface area contributed by atoms with Crippen molar-refractivity contribution in [2.45, 2.75) is 52.7 Å². The van der Waals surface area contributed by atoms with Gasteiger partial charge in [0.2, 0.25) is 0 Å². The third kappa shape index (κ3) is 5.36. The number of methoxy groups -OCH3 is 1. The minimum atomic E-state index is -0.328. The number of hydrogen-bond donors (Lipinski definition) is 0. The molecule has 0 aliphatic heterocycles. The van der Waals surface area contributed by atoms with E-state index in [0.717, 1.165) is 21.9 Å². The van der Waals surface area contributed by atoms with Crippen LogP contribution < -0.4 is 4.74 Å². The molecule has 0 radical (unpaired) electrons. The van der Waals surface area contributed by atoms with Gasteiger partial charge in [-0.3, -0.25) is 0 Å². The van der Waals surface area contributed by atoms with Gasteiger partial charge in [0.15, 0.2) is 0 Å². The lowest BCUT2D eigenvalue weighted by molar-refractivity contribution is 0.0958. The van der Waals surface area contributed by atoms with Crippen molar-refractivity contribution < 1.29 is 14.2 Å². The molecule has 0 spiro atoms. The third-order valence-electron chi connectivity index (χ3n) is 3.32. The molecule has 2 aromatic carbocycles. The summed E-state index contributed by atoms with van der Waals surface area (Å²) in [4.78, 5) is 0. The first-order chi connectivity index (χ1) is 12.1. The van der Waals surface area contributed by atoms with Crippen molar-refractivity contribution in [2.75, 3.05) is 7.11 Å². The molecule has 3 nitrogen and oxygen atoms in total. The van der Waals surface area contributed by atoms with Crippen molar-refractivity contribution >= 4 is 10.8 Å². The number of benzene rings is 2. The smallest absolute Gasteiger partial charge is 0.135 e. The summed E-state index contributed by atoms with van der Waals surface area (Å²) in [5.41, 5.74) is 1.04. The Morgan fingerprint density at radius 2 is 1.35 bits per heavy atom. The van der Waals surface area contributed by atoms with E-state index in [9.17, 15) is 0 Å². The largest absolute Gasteiger partial charge is 0.495 e. The summed E-state index contributed by atoms with van der Waals surface area (Å²) in [6.45, 7) is 11.8. The maximum absolute atomic E-state index is 5.55. The average molecular weight is 350 g/mol. The van der Waals surface area contributed by atoms with Crippen molar-refractivity contribution in [3.63, 3.8) is 0 Å². The molecular formula is C23H26O3. The van der Waals surface area contributed by atoms with Crippen LogP contribution in [-0.4, -0.2) is 18.3 Å².